The summed E-state index contributed by atoms with van der Waals surface area (Å²) in [4.78, 5) is 20.8. The van der Waals surface area contributed by atoms with E-state index >= 15 is 0 Å². The van der Waals surface area contributed by atoms with E-state index in [4.69, 9.17) is 4.74 Å². The summed E-state index contributed by atoms with van der Waals surface area (Å²) in [6.45, 7) is 3.88. The van der Waals surface area contributed by atoms with Crippen LogP contribution in [0.3, 0.4) is 0 Å². The molecule has 3 rings (SSSR count). The molecular weight excluding hydrogens is 295 g/mol. The molecule has 5 heteroatoms. The van der Waals surface area contributed by atoms with Gasteiger partial charge in [0.2, 0.25) is 0 Å². The second-order valence-electron chi connectivity index (χ2n) is 5.12. The first-order chi connectivity index (χ1) is 11.1. The lowest BCUT2D eigenvalue weighted by atomic mass is 10.1. The molecule has 2 aromatic carbocycles. The summed E-state index contributed by atoms with van der Waals surface area (Å²) in [5.41, 5.74) is 1.94. The number of rotatable bonds is 3. The van der Waals surface area contributed by atoms with Gasteiger partial charge < -0.3 is 4.74 Å². The number of hydrogen-bond acceptors (Lipinski definition) is 4. The van der Waals surface area contributed by atoms with E-state index < -0.39 is 11.8 Å². The van der Waals surface area contributed by atoms with E-state index in [9.17, 15) is 9.18 Å². The van der Waals surface area contributed by atoms with E-state index in [1.54, 1.807) is 13.0 Å². The molecular formula is C18H15FN2O2. The molecule has 0 saturated carbocycles. The van der Waals surface area contributed by atoms with E-state index in [1.165, 1.54) is 12.1 Å². The number of ether oxygens (including phenoxy) is 1. The van der Waals surface area contributed by atoms with Crippen LogP contribution in [0.15, 0.2) is 42.5 Å². The maximum atomic E-state index is 14.1. The smallest absolute Gasteiger partial charge is 0.357 e. The van der Waals surface area contributed by atoms with Crippen LogP contribution in [-0.4, -0.2) is 22.5 Å². The fourth-order valence-corrected chi connectivity index (χ4v) is 2.39. The molecule has 0 radical (unpaired) electrons. The van der Waals surface area contributed by atoms with Crippen LogP contribution in [0.2, 0.25) is 0 Å². The second-order valence-corrected chi connectivity index (χ2v) is 5.12. The van der Waals surface area contributed by atoms with Gasteiger partial charge in [-0.1, -0.05) is 35.9 Å². The summed E-state index contributed by atoms with van der Waals surface area (Å²) >= 11 is 0. The number of para-hydroxylation sites is 1. The third kappa shape index (κ3) is 2.90. The Labute approximate surface area is 133 Å². The minimum Gasteiger partial charge on any atom is -0.461 e. The van der Waals surface area contributed by atoms with Crippen molar-refractivity contribution in [1.29, 1.82) is 0 Å². The molecule has 1 aromatic heterocycles. The highest BCUT2D eigenvalue weighted by Crippen LogP contribution is 2.24. The second kappa shape index (κ2) is 6.12. The van der Waals surface area contributed by atoms with Crippen LogP contribution in [0.1, 0.15) is 23.0 Å². The first-order valence-electron chi connectivity index (χ1n) is 7.30. The predicted molar refractivity (Wildman–Crippen MR) is 85.6 cm³/mol. The molecule has 3 aromatic rings. The highest BCUT2D eigenvalue weighted by atomic mass is 19.1. The lowest BCUT2D eigenvalue weighted by Gasteiger charge is -2.09. The molecule has 116 valence electrons. The van der Waals surface area contributed by atoms with E-state index in [2.05, 4.69) is 9.97 Å². The van der Waals surface area contributed by atoms with Gasteiger partial charge in [0, 0.05) is 10.9 Å². The van der Waals surface area contributed by atoms with Crippen molar-refractivity contribution < 1.29 is 13.9 Å². The molecule has 0 atom stereocenters. The molecule has 0 bridgehead atoms. The first-order valence-corrected chi connectivity index (χ1v) is 7.30. The highest BCUT2D eigenvalue weighted by molar-refractivity contribution is 6.02. The van der Waals surface area contributed by atoms with E-state index in [1.807, 2.05) is 31.2 Å². The Balaban J connectivity index is 2.28. The summed E-state index contributed by atoms with van der Waals surface area (Å²) in [5, 5.41) is 0.347. The van der Waals surface area contributed by atoms with Gasteiger partial charge in [-0.05, 0) is 26.0 Å². The van der Waals surface area contributed by atoms with Crippen LogP contribution in [0.5, 0.6) is 0 Å². The van der Waals surface area contributed by atoms with Gasteiger partial charge in [-0.15, -0.1) is 0 Å². The number of halogens is 1. The fourth-order valence-electron chi connectivity index (χ4n) is 2.39. The van der Waals surface area contributed by atoms with Crippen molar-refractivity contribution in [3.63, 3.8) is 0 Å². The first kappa shape index (κ1) is 15.1. The molecule has 0 aliphatic rings. The van der Waals surface area contributed by atoms with Crippen LogP contribution in [0.4, 0.5) is 4.39 Å². The van der Waals surface area contributed by atoms with Gasteiger partial charge in [0.05, 0.1) is 6.61 Å². The Bertz CT molecular complexity index is 893. The van der Waals surface area contributed by atoms with Gasteiger partial charge in [0.1, 0.15) is 11.3 Å². The molecule has 0 aliphatic carbocycles. The Kier molecular flexibility index (Phi) is 4.02. The molecule has 0 unspecified atom stereocenters. The Morgan fingerprint density at radius 1 is 1.17 bits per heavy atom. The molecule has 4 nitrogen and oxygen atoms in total. The quantitative estimate of drug-likeness (QED) is 0.688. The number of nitrogens with zero attached hydrogens (tertiary/aromatic N) is 2. The zero-order chi connectivity index (χ0) is 16.4. The van der Waals surface area contributed by atoms with Crippen LogP contribution < -0.4 is 0 Å². The highest BCUT2D eigenvalue weighted by Gasteiger charge is 2.18. The number of carbonyl (C=O) groups is 1. The zero-order valence-corrected chi connectivity index (χ0v) is 12.8. The standard InChI is InChI=1S/C18H15FN2O2/c1-3-23-18(22)16-13-8-5-9-14(19)15(13)20-17(21-16)12-7-4-6-11(2)10-12/h4-10H,3H2,1-2H3. The Morgan fingerprint density at radius 2 is 1.96 bits per heavy atom. The molecule has 23 heavy (non-hydrogen) atoms. The van der Waals surface area contributed by atoms with Crippen LogP contribution in [-0.2, 0) is 4.74 Å². The summed E-state index contributed by atoms with van der Waals surface area (Å²) in [5.74, 6) is -0.780. The fraction of sp³-hybridized carbons (Fsp3) is 0.167. The maximum Gasteiger partial charge on any atom is 0.357 e. The molecule has 1 heterocycles. The summed E-state index contributed by atoms with van der Waals surface area (Å²) in [7, 11) is 0. The van der Waals surface area contributed by atoms with Crippen molar-refractivity contribution in [2.24, 2.45) is 0 Å². The van der Waals surface area contributed by atoms with E-state index in [-0.39, 0.29) is 17.8 Å². The van der Waals surface area contributed by atoms with Gasteiger partial charge in [-0.25, -0.2) is 19.2 Å². The number of benzene rings is 2. The average Bonchev–Trinajstić information content (AvgIpc) is 2.54. The molecule has 0 amide bonds. The largest absolute Gasteiger partial charge is 0.461 e. The Hall–Kier alpha value is -2.82. The molecule has 0 aliphatic heterocycles. The number of esters is 1. The van der Waals surface area contributed by atoms with Crippen LogP contribution >= 0.6 is 0 Å². The summed E-state index contributed by atoms with van der Waals surface area (Å²) < 4.78 is 19.2. The van der Waals surface area contributed by atoms with Crippen molar-refractivity contribution in [3.8, 4) is 11.4 Å². The van der Waals surface area contributed by atoms with Crippen molar-refractivity contribution >= 4 is 16.9 Å². The van der Waals surface area contributed by atoms with E-state index in [0.717, 1.165) is 11.1 Å². The predicted octanol–water partition coefficient (Wildman–Crippen LogP) is 3.92. The van der Waals surface area contributed by atoms with Gasteiger partial charge in [-0.2, -0.15) is 0 Å². The number of aromatic nitrogens is 2. The van der Waals surface area contributed by atoms with Gasteiger partial charge in [0.25, 0.3) is 0 Å². The lowest BCUT2D eigenvalue weighted by Crippen LogP contribution is -2.10. The topological polar surface area (TPSA) is 52.1 Å². The third-order valence-electron chi connectivity index (χ3n) is 3.42. The molecule has 0 spiro atoms. The molecule has 0 saturated heterocycles. The van der Waals surface area contributed by atoms with Gasteiger partial charge in [-0.3, -0.25) is 0 Å². The third-order valence-corrected chi connectivity index (χ3v) is 3.42. The van der Waals surface area contributed by atoms with Gasteiger partial charge in [0.15, 0.2) is 11.5 Å². The Morgan fingerprint density at radius 3 is 2.70 bits per heavy atom. The van der Waals surface area contributed by atoms with Crippen LogP contribution in [0, 0.1) is 12.7 Å². The molecule has 0 fully saturated rings. The minimum absolute atomic E-state index is 0.0767. The number of aryl methyl sites for hydroxylation is 1. The number of hydrogen-bond donors (Lipinski definition) is 0. The zero-order valence-electron chi connectivity index (χ0n) is 12.8. The van der Waals surface area contributed by atoms with Crippen LogP contribution in [0.25, 0.3) is 22.3 Å². The normalized spacial score (nSPS) is 10.7. The van der Waals surface area contributed by atoms with Gasteiger partial charge >= 0.3 is 5.97 Å². The van der Waals surface area contributed by atoms with Crippen molar-refractivity contribution in [2.45, 2.75) is 13.8 Å². The monoisotopic (exact) mass is 310 g/mol. The summed E-state index contributed by atoms with van der Waals surface area (Å²) in [6.07, 6.45) is 0. The summed E-state index contributed by atoms with van der Waals surface area (Å²) in [6, 6.07) is 12.0. The molecule has 0 N–H and O–H groups in total. The lowest BCUT2D eigenvalue weighted by molar-refractivity contribution is 0.0522. The van der Waals surface area contributed by atoms with Crippen molar-refractivity contribution in [3.05, 3.63) is 59.5 Å². The number of carbonyl (C=O) groups excluding carboxylic acids is 1. The minimum atomic E-state index is -0.584. The average molecular weight is 310 g/mol. The van der Waals surface area contributed by atoms with Crippen molar-refractivity contribution in [1.82, 2.24) is 9.97 Å². The van der Waals surface area contributed by atoms with Crippen molar-refractivity contribution in [2.75, 3.05) is 6.61 Å². The SMILES string of the molecule is CCOC(=O)c1nc(-c2cccc(C)c2)nc2c(F)cccc12. The number of fused-ring (bicyclic) bond motifs is 1. The van der Waals surface area contributed by atoms with E-state index in [0.29, 0.717) is 11.2 Å². The maximum absolute atomic E-state index is 14.1.